The first-order chi connectivity index (χ1) is 7.43. The van der Waals surface area contributed by atoms with E-state index in [1.807, 2.05) is 13.8 Å². The van der Waals surface area contributed by atoms with Gasteiger partial charge in [-0.15, -0.1) is 0 Å². The summed E-state index contributed by atoms with van der Waals surface area (Å²) >= 11 is 0. The molecule has 0 radical (unpaired) electrons. The summed E-state index contributed by atoms with van der Waals surface area (Å²) in [7, 11) is 1.45. The monoisotopic (exact) mass is 225 g/mol. The van der Waals surface area contributed by atoms with E-state index in [4.69, 9.17) is 9.52 Å². The van der Waals surface area contributed by atoms with Crippen LogP contribution >= 0.6 is 0 Å². The number of likely N-dealkylation sites (N-methyl/N-ethyl adjacent to an activating group) is 1. The number of rotatable bonds is 4. The summed E-state index contributed by atoms with van der Waals surface area (Å²) in [6, 6.07) is 1.57. The van der Waals surface area contributed by atoms with Gasteiger partial charge in [-0.25, -0.2) is 0 Å². The fourth-order valence-corrected chi connectivity index (χ4v) is 1.43. The van der Waals surface area contributed by atoms with E-state index in [0.717, 1.165) is 4.90 Å². The van der Waals surface area contributed by atoms with Crippen molar-refractivity contribution < 1.29 is 19.1 Å². The smallest absolute Gasteiger partial charge is 0.323 e. The number of aliphatic carboxylic acids is 1. The lowest BCUT2D eigenvalue weighted by atomic mass is 10.1. The molecule has 0 aromatic carbocycles. The maximum atomic E-state index is 11.9. The third-order valence-electron chi connectivity index (χ3n) is 2.17. The van der Waals surface area contributed by atoms with Crippen molar-refractivity contribution >= 4 is 11.9 Å². The molecule has 1 N–H and O–H groups in total. The molecule has 0 unspecified atom stereocenters. The first-order valence-corrected chi connectivity index (χ1v) is 4.98. The molecule has 88 valence electrons. The quantitative estimate of drug-likeness (QED) is 0.844. The second-order valence-electron chi connectivity index (χ2n) is 3.91. The Kier molecular flexibility index (Phi) is 3.71. The zero-order valence-corrected chi connectivity index (χ0v) is 9.56. The van der Waals surface area contributed by atoms with Gasteiger partial charge in [0, 0.05) is 13.0 Å². The molecule has 0 aliphatic heterocycles. The van der Waals surface area contributed by atoms with Gasteiger partial charge in [-0.3, -0.25) is 9.59 Å². The van der Waals surface area contributed by atoms with Gasteiger partial charge in [-0.05, 0) is 6.07 Å². The molecule has 0 saturated carbocycles. The highest BCUT2D eigenvalue weighted by Gasteiger charge is 2.21. The number of carboxylic acids is 1. The van der Waals surface area contributed by atoms with E-state index in [-0.39, 0.29) is 18.4 Å². The minimum atomic E-state index is -1.04. The molecule has 1 aromatic rings. The van der Waals surface area contributed by atoms with Gasteiger partial charge in [0.25, 0.3) is 5.91 Å². The molecule has 0 fully saturated rings. The van der Waals surface area contributed by atoms with Crippen LogP contribution in [0.4, 0.5) is 0 Å². The fraction of sp³-hybridized carbons (Fsp3) is 0.455. The molecule has 1 amide bonds. The van der Waals surface area contributed by atoms with Crippen LogP contribution in [0.15, 0.2) is 16.7 Å². The van der Waals surface area contributed by atoms with Crippen LogP contribution in [-0.2, 0) is 4.79 Å². The second-order valence-corrected chi connectivity index (χ2v) is 3.91. The van der Waals surface area contributed by atoms with E-state index in [1.165, 1.54) is 13.3 Å². The Morgan fingerprint density at radius 3 is 2.62 bits per heavy atom. The van der Waals surface area contributed by atoms with Crippen LogP contribution in [0.25, 0.3) is 0 Å². The van der Waals surface area contributed by atoms with E-state index in [9.17, 15) is 9.59 Å². The fourth-order valence-electron chi connectivity index (χ4n) is 1.43. The predicted octanol–water partition coefficient (Wildman–Crippen LogP) is 1.56. The minimum absolute atomic E-state index is 0.0900. The Balaban J connectivity index is 2.87. The first kappa shape index (κ1) is 12.3. The molecule has 0 aliphatic rings. The molecule has 0 saturated heterocycles. The van der Waals surface area contributed by atoms with Crippen molar-refractivity contribution in [3.05, 3.63) is 23.7 Å². The number of carbonyl (C=O) groups is 2. The summed E-state index contributed by atoms with van der Waals surface area (Å²) in [4.78, 5) is 23.5. The number of hydrogen-bond acceptors (Lipinski definition) is 3. The highest BCUT2D eigenvalue weighted by Crippen LogP contribution is 2.21. The van der Waals surface area contributed by atoms with Crippen molar-refractivity contribution in [2.75, 3.05) is 13.6 Å². The topological polar surface area (TPSA) is 70.8 Å². The molecule has 16 heavy (non-hydrogen) atoms. The summed E-state index contributed by atoms with van der Waals surface area (Å²) in [5, 5.41) is 8.59. The van der Waals surface area contributed by atoms with Gasteiger partial charge in [0.15, 0.2) is 0 Å². The first-order valence-electron chi connectivity index (χ1n) is 4.98. The molecule has 0 atom stereocenters. The molecule has 1 aromatic heterocycles. The van der Waals surface area contributed by atoms with Crippen molar-refractivity contribution in [1.29, 1.82) is 0 Å². The zero-order valence-electron chi connectivity index (χ0n) is 9.56. The molecule has 5 nitrogen and oxygen atoms in total. The lowest BCUT2D eigenvalue weighted by Gasteiger charge is -2.14. The van der Waals surface area contributed by atoms with Crippen LogP contribution in [0.5, 0.6) is 0 Å². The average Bonchev–Trinajstić information content (AvgIpc) is 2.63. The molecule has 0 aliphatic carbocycles. The number of nitrogens with zero attached hydrogens (tertiary/aromatic N) is 1. The van der Waals surface area contributed by atoms with Crippen LogP contribution < -0.4 is 0 Å². The summed E-state index contributed by atoms with van der Waals surface area (Å²) < 4.78 is 5.21. The third-order valence-corrected chi connectivity index (χ3v) is 2.17. The van der Waals surface area contributed by atoms with E-state index >= 15 is 0 Å². The Hall–Kier alpha value is -1.78. The van der Waals surface area contributed by atoms with Gasteiger partial charge in [-0.1, -0.05) is 13.8 Å². The van der Waals surface area contributed by atoms with Gasteiger partial charge in [0.1, 0.15) is 12.3 Å². The molecule has 1 heterocycles. The Morgan fingerprint density at radius 1 is 1.50 bits per heavy atom. The number of furan rings is 1. The average molecular weight is 225 g/mol. The number of amides is 1. The van der Waals surface area contributed by atoms with Crippen LogP contribution in [0.1, 0.15) is 35.9 Å². The lowest BCUT2D eigenvalue weighted by Crippen LogP contribution is -2.32. The van der Waals surface area contributed by atoms with Gasteiger partial charge in [0.2, 0.25) is 0 Å². The number of carboxylic acid groups (broad SMARTS) is 1. The van der Waals surface area contributed by atoms with Crippen LogP contribution in [0.2, 0.25) is 0 Å². The van der Waals surface area contributed by atoms with Gasteiger partial charge >= 0.3 is 5.97 Å². The van der Waals surface area contributed by atoms with Crippen LogP contribution in [-0.4, -0.2) is 35.5 Å². The van der Waals surface area contributed by atoms with Crippen molar-refractivity contribution in [3.63, 3.8) is 0 Å². The standard InChI is InChI=1S/C11H15NO4/c1-7(2)10-8(4-5-16-10)11(15)12(3)6-9(13)14/h4-5,7H,6H2,1-3H3,(H,13,14). The van der Waals surface area contributed by atoms with Crippen molar-refractivity contribution in [2.45, 2.75) is 19.8 Å². The summed E-state index contributed by atoms with van der Waals surface area (Å²) in [5.41, 5.74) is 0.429. The third kappa shape index (κ3) is 2.62. The van der Waals surface area contributed by atoms with E-state index in [1.54, 1.807) is 6.07 Å². The molecule has 0 spiro atoms. The highest BCUT2D eigenvalue weighted by atomic mass is 16.4. The lowest BCUT2D eigenvalue weighted by molar-refractivity contribution is -0.137. The van der Waals surface area contributed by atoms with Crippen molar-refractivity contribution in [2.24, 2.45) is 0 Å². The second kappa shape index (κ2) is 4.83. The number of hydrogen-bond donors (Lipinski definition) is 1. The van der Waals surface area contributed by atoms with Crippen molar-refractivity contribution in [1.82, 2.24) is 4.90 Å². The Labute approximate surface area is 93.7 Å². The molecule has 5 heteroatoms. The van der Waals surface area contributed by atoms with Gasteiger partial charge < -0.3 is 14.4 Å². The Bertz CT molecular complexity index is 394. The maximum Gasteiger partial charge on any atom is 0.323 e. The van der Waals surface area contributed by atoms with Crippen molar-refractivity contribution in [3.8, 4) is 0 Å². The molecular formula is C11H15NO4. The van der Waals surface area contributed by atoms with E-state index in [2.05, 4.69) is 0 Å². The number of carbonyl (C=O) groups excluding carboxylic acids is 1. The van der Waals surface area contributed by atoms with E-state index < -0.39 is 5.97 Å². The zero-order chi connectivity index (χ0) is 12.3. The highest BCUT2D eigenvalue weighted by molar-refractivity contribution is 5.96. The SMILES string of the molecule is CC(C)c1occc1C(=O)N(C)CC(=O)O. The maximum absolute atomic E-state index is 11.9. The minimum Gasteiger partial charge on any atom is -0.480 e. The van der Waals surface area contributed by atoms with Crippen LogP contribution in [0.3, 0.4) is 0 Å². The normalized spacial score (nSPS) is 10.5. The molecular weight excluding hydrogens is 210 g/mol. The summed E-state index contributed by atoms with van der Waals surface area (Å²) in [6.45, 7) is 3.50. The van der Waals surface area contributed by atoms with Gasteiger partial charge in [0.05, 0.1) is 11.8 Å². The summed E-state index contributed by atoms with van der Waals surface area (Å²) in [6.07, 6.45) is 1.44. The summed E-state index contributed by atoms with van der Waals surface area (Å²) in [5.74, 6) is -0.695. The molecule has 0 bridgehead atoms. The Morgan fingerprint density at radius 2 is 2.12 bits per heavy atom. The largest absolute Gasteiger partial charge is 0.480 e. The van der Waals surface area contributed by atoms with Gasteiger partial charge in [-0.2, -0.15) is 0 Å². The molecule has 1 rings (SSSR count). The van der Waals surface area contributed by atoms with E-state index in [0.29, 0.717) is 11.3 Å². The van der Waals surface area contributed by atoms with Crippen LogP contribution in [0, 0.1) is 0 Å². The predicted molar refractivity (Wildman–Crippen MR) is 57.4 cm³/mol.